The summed E-state index contributed by atoms with van der Waals surface area (Å²) < 4.78 is 5.82. The van der Waals surface area contributed by atoms with Gasteiger partial charge < -0.3 is 9.84 Å². The Labute approximate surface area is 117 Å². The van der Waals surface area contributed by atoms with E-state index in [4.69, 9.17) is 4.74 Å². The van der Waals surface area contributed by atoms with Gasteiger partial charge in [0.15, 0.2) is 0 Å². The molecule has 2 nitrogen and oxygen atoms in total. The van der Waals surface area contributed by atoms with Crippen molar-refractivity contribution >= 4 is 0 Å². The number of hydrogen-bond donors (Lipinski definition) is 1. The van der Waals surface area contributed by atoms with Crippen LogP contribution in [-0.4, -0.2) is 11.7 Å². The van der Waals surface area contributed by atoms with E-state index >= 15 is 0 Å². The summed E-state index contributed by atoms with van der Waals surface area (Å²) in [6.45, 7) is 7.46. The number of rotatable bonds is 9. The number of aromatic hydroxyl groups is 1. The van der Waals surface area contributed by atoms with E-state index in [2.05, 4.69) is 20.8 Å². The summed E-state index contributed by atoms with van der Waals surface area (Å²) in [5, 5.41) is 9.24. The lowest BCUT2D eigenvalue weighted by atomic mass is 10.0. The lowest BCUT2D eigenvalue weighted by Gasteiger charge is -2.14. The molecular weight excluding hydrogens is 236 g/mol. The summed E-state index contributed by atoms with van der Waals surface area (Å²) in [4.78, 5) is 0. The zero-order valence-electron chi connectivity index (χ0n) is 12.6. The molecule has 108 valence electrons. The van der Waals surface area contributed by atoms with Crippen LogP contribution in [-0.2, 0) is 4.74 Å². The summed E-state index contributed by atoms with van der Waals surface area (Å²) in [6.07, 6.45) is 6.44. The van der Waals surface area contributed by atoms with Gasteiger partial charge in [0.1, 0.15) is 5.75 Å². The van der Waals surface area contributed by atoms with Gasteiger partial charge in [0.2, 0.25) is 0 Å². The van der Waals surface area contributed by atoms with Crippen molar-refractivity contribution in [2.75, 3.05) is 6.61 Å². The maximum absolute atomic E-state index is 9.24. The zero-order valence-corrected chi connectivity index (χ0v) is 12.6. The van der Waals surface area contributed by atoms with Crippen molar-refractivity contribution in [3.05, 3.63) is 29.8 Å². The second-order valence-corrected chi connectivity index (χ2v) is 5.47. The van der Waals surface area contributed by atoms with Crippen molar-refractivity contribution in [3.8, 4) is 5.75 Å². The standard InChI is InChI=1S/C17H28O2/c1-4-14(2)8-6-5-7-13-19-15(3)16-9-11-17(18)12-10-16/h9-12,14-15,18H,4-8,13H2,1-3H3/t14-,15?/m0/s1. The minimum atomic E-state index is 0.107. The highest BCUT2D eigenvalue weighted by molar-refractivity contribution is 5.26. The van der Waals surface area contributed by atoms with Crippen LogP contribution < -0.4 is 0 Å². The topological polar surface area (TPSA) is 29.5 Å². The molecule has 0 spiro atoms. The fourth-order valence-corrected chi connectivity index (χ4v) is 2.08. The van der Waals surface area contributed by atoms with Gasteiger partial charge in [0.25, 0.3) is 0 Å². The van der Waals surface area contributed by atoms with E-state index in [9.17, 15) is 5.11 Å². The van der Waals surface area contributed by atoms with Gasteiger partial charge in [-0.25, -0.2) is 0 Å². The number of phenols is 1. The van der Waals surface area contributed by atoms with E-state index < -0.39 is 0 Å². The maximum atomic E-state index is 9.24. The molecular formula is C17H28O2. The molecule has 1 rings (SSSR count). The van der Waals surface area contributed by atoms with Crippen LogP contribution in [0.15, 0.2) is 24.3 Å². The van der Waals surface area contributed by atoms with Crippen LogP contribution in [0.1, 0.15) is 64.5 Å². The van der Waals surface area contributed by atoms with Crippen molar-refractivity contribution in [3.63, 3.8) is 0 Å². The average molecular weight is 264 g/mol. The molecule has 0 radical (unpaired) electrons. The molecule has 0 bridgehead atoms. The Hall–Kier alpha value is -1.02. The summed E-state index contributed by atoms with van der Waals surface area (Å²) in [6, 6.07) is 7.26. The Morgan fingerprint density at radius 3 is 2.37 bits per heavy atom. The van der Waals surface area contributed by atoms with Crippen molar-refractivity contribution in [2.45, 2.75) is 59.0 Å². The molecule has 0 aliphatic heterocycles. The maximum Gasteiger partial charge on any atom is 0.115 e. The first kappa shape index (κ1) is 16.0. The molecule has 2 atom stereocenters. The number of phenolic OH excluding ortho intramolecular Hbond substituents is 1. The second-order valence-electron chi connectivity index (χ2n) is 5.47. The summed E-state index contributed by atoms with van der Waals surface area (Å²) >= 11 is 0. The van der Waals surface area contributed by atoms with Crippen LogP contribution in [0.3, 0.4) is 0 Å². The van der Waals surface area contributed by atoms with E-state index in [1.54, 1.807) is 12.1 Å². The molecule has 1 unspecified atom stereocenters. The molecule has 19 heavy (non-hydrogen) atoms. The molecule has 1 N–H and O–H groups in total. The molecule has 0 fully saturated rings. The lowest BCUT2D eigenvalue weighted by molar-refractivity contribution is 0.0626. The van der Waals surface area contributed by atoms with Crippen LogP contribution in [0.25, 0.3) is 0 Å². The van der Waals surface area contributed by atoms with Gasteiger partial charge in [0.05, 0.1) is 6.10 Å². The zero-order chi connectivity index (χ0) is 14.1. The Morgan fingerprint density at radius 2 is 1.74 bits per heavy atom. The van der Waals surface area contributed by atoms with E-state index in [0.717, 1.165) is 24.5 Å². The van der Waals surface area contributed by atoms with E-state index in [-0.39, 0.29) is 6.10 Å². The molecule has 0 saturated carbocycles. The third-order valence-electron chi connectivity index (χ3n) is 3.77. The SMILES string of the molecule is CC[C@H](C)CCCCCOC(C)c1ccc(O)cc1. The Bertz CT molecular complexity index is 332. The van der Waals surface area contributed by atoms with Crippen LogP contribution in [0.4, 0.5) is 0 Å². The highest BCUT2D eigenvalue weighted by Gasteiger charge is 2.05. The van der Waals surface area contributed by atoms with E-state index in [1.807, 2.05) is 12.1 Å². The number of benzene rings is 1. The first-order valence-corrected chi connectivity index (χ1v) is 7.54. The smallest absolute Gasteiger partial charge is 0.115 e. The molecule has 0 aromatic heterocycles. The normalized spacial score (nSPS) is 14.3. The predicted octanol–water partition coefficient (Wildman–Crippen LogP) is 5.08. The van der Waals surface area contributed by atoms with E-state index in [0.29, 0.717) is 5.75 Å². The van der Waals surface area contributed by atoms with Crippen LogP contribution >= 0.6 is 0 Å². The third-order valence-corrected chi connectivity index (χ3v) is 3.77. The van der Waals surface area contributed by atoms with E-state index in [1.165, 1.54) is 25.7 Å². The largest absolute Gasteiger partial charge is 0.508 e. The summed E-state index contributed by atoms with van der Waals surface area (Å²) in [5.41, 5.74) is 1.12. The van der Waals surface area contributed by atoms with Gasteiger partial charge in [-0.2, -0.15) is 0 Å². The van der Waals surface area contributed by atoms with Crippen LogP contribution in [0.5, 0.6) is 5.75 Å². The Balaban J connectivity index is 2.10. The minimum absolute atomic E-state index is 0.107. The van der Waals surface area contributed by atoms with Crippen molar-refractivity contribution in [2.24, 2.45) is 5.92 Å². The quantitative estimate of drug-likeness (QED) is 0.630. The number of ether oxygens (including phenoxy) is 1. The Kier molecular flexibility index (Phi) is 7.57. The predicted molar refractivity (Wildman–Crippen MR) is 80.4 cm³/mol. The Morgan fingerprint density at radius 1 is 1.05 bits per heavy atom. The number of unbranched alkanes of at least 4 members (excludes halogenated alkanes) is 2. The molecule has 2 heteroatoms. The van der Waals surface area contributed by atoms with Gasteiger partial charge in [0, 0.05) is 6.61 Å². The fraction of sp³-hybridized carbons (Fsp3) is 0.647. The van der Waals surface area contributed by atoms with Gasteiger partial charge >= 0.3 is 0 Å². The molecule has 0 amide bonds. The summed E-state index contributed by atoms with van der Waals surface area (Å²) in [5.74, 6) is 1.16. The third kappa shape index (κ3) is 6.63. The van der Waals surface area contributed by atoms with Crippen molar-refractivity contribution in [1.82, 2.24) is 0 Å². The lowest BCUT2D eigenvalue weighted by Crippen LogP contribution is -2.02. The van der Waals surface area contributed by atoms with Crippen LogP contribution in [0.2, 0.25) is 0 Å². The average Bonchev–Trinajstić information content (AvgIpc) is 2.42. The van der Waals surface area contributed by atoms with Crippen molar-refractivity contribution < 1.29 is 9.84 Å². The monoisotopic (exact) mass is 264 g/mol. The molecule has 0 aliphatic rings. The highest BCUT2D eigenvalue weighted by Crippen LogP contribution is 2.20. The first-order valence-electron chi connectivity index (χ1n) is 7.54. The van der Waals surface area contributed by atoms with Crippen molar-refractivity contribution in [1.29, 1.82) is 0 Å². The molecule has 0 heterocycles. The molecule has 1 aromatic rings. The first-order chi connectivity index (χ1) is 9.13. The van der Waals surface area contributed by atoms with Crippen LogP contribution in [0, 0.1) is 5.92 Å². The van der Waals surface area contributed by atoms with Gasteiger partial charge in [-0.1, -0.05) is 51.7 Å². The number of hydrogen-bond acceptors (Lipinski definition) is 2. The van der Waals surface area contributed by atoms with Gasteiger partial charge in [-0.3, -0.25) is 0 Å². The molecule has 0 saturated heterocycles. The minimum Gasteiger partial charge on any atom is -0.508 e. The van der Waals surface area contributed by atoms with Gasteiger partial charge in [-0.05, 0) is 37.0 Å². The molecule has 1 aromatic carbocycles. The summed E-state index contributed by atoms with van der Waals surface area (Å²) in [7, 11) is 0. The highest BCUT2D eigenvalue weighted by atomic mass is 16.5. The molecule has 0 aliphatic carbocycles. The second kappa shape index (κ2) is 8.98. The van der Waals surface area contributed by atoms with Gasteiger partial charge in [-0.15, -0.1) is 0 Å². The fourth-order valence-electron chi connectivity index (χ4n) is 2.08.